The number of fused-ring (bicyclic) bond motifs is 3. The molecule has 0 amide bonds. The number of aromatic nitrogens is 2. The number of thiophene rings is 2. The van der Waals surface area contributed by atoms with E-state index in [0.717, 1.165) is 92.5 Å². The van der Waals surface area contributed by atoms with E-state index in [2.05, 4.69) is 113 Å². The summed E-state index contributed by atoms with van der Waals surface area (Å²) >= 11 is 3.65. The van der Waals surface area contributed by atoms with Gasteiger partial charge in [-0.15, -0.1) is 22.7 Å². The molecule has 328 valence electrons. The number of benzene rings is 4. The van der Waals surface area contributed by atoms with Crippen LogP contribution >= 0.6 is 22.7 Å². The first-order valence-corrected chi connectivity index (χ1v) is 25.9. The molecule has 0 aliphatic heterocycles. The zero-order valence-electron chi connectivity index (χ0n) is 38.2. The fraction of sp³-hybridized carbons (Fsp3) is 0.464. The van der Waals surface area contributed by atoms with E-state index >= 15 is 0 Å². The van der Waals surface area contributed by atoms with Crippen LogP contribution in [-0.4, -0.2) is 23.2 Å². The molecule has 0 atom stereocenters. The van der Waals surface area contributed by atoms with E-state index in [4.69, 9.17) is 19.4 Å². The van der Waals surface area contributed by atoms with Gasteiger partial charge in [0.05, 0.1) is 45.0 Å². The molecule has 4 nitrogen and oxygen atoms in total. The maximum Gasteiger partial charge on any atom is 0.146 e. The molecule has 3 aromatic heterocycles. The third-order valence-electron chi connectivity index (χ3n) is 12.4. The average molecular weight is 867 g/mol. The lowest BCUT2D eigenvalue weighted by Crippen LogP contribution is -2.00. The van der Waals surface area contributed by atoms with Gasteiger partial charge in [0, 0.05) is 37.2 Å². The van der Waals surface area contributed by atoms with Crippen LogP contribution in [0.4, 0.5) is 0 Å². The van der Waals surface area contributed by atoms with Crippen LogP contribution in [0.3, 0.4) is 0 Å². The van der Waals surface area contributed by atoms with Gasteiger partial charge in [-0.1, -0.05) is 202 Å². The van der Waals surface area contributed by atoms with E-state index < -0.39 is 0 Å². The summed E-state index contributed by atoms with van der Waals surface area (Å²) < 4.78 is 16.2. The molecule has 0 spiro atoms. The van der Waals surface area contributed by atoms with Crippen LogP contribution in [0.1, 0.15) is 153 Å². The van der Waals surface area contributed by atoms with Gasteiger partial charge >= 0.3 is 0 Å². The van der Waals surface area contributed by atoms with E-state index in [0.29, 0.717) is 0 Å². The molecular weight excluding hydrogens is 797 g/mol. The SMILES string of the molecule is CCCCCCCCCCCCOc1c2cc(-c3ccc(C)c4nc(-c5ccccc5)c(-c5ccccc5)nc34)sc2c(OCCCCCCCCCCCC)c2cc(C)sc12. The highest BCUT2D eigenvalue weighted by molar-refractivity contribution is 7.23. The molecule has 0 saturated carbocycles. The molecule has 0 unspecified atom stereocenters. The fourth-order valence-corrected chi connectivity index (χ4v) is 11.0. The summed E-state index contributed by atoms with van der Waals surface area (Å²) in [6.07, 6.45) is 26.2. The lowest BCUT2D eigenvalue weighted by atomic mass is 10.0. The van der Waals surface area contributed by atoms with Gasteiger partial charge in [-0.2, -0.15) is 0 Å². The topological polar surface area (TPSA) is 44.2 Å². The Morgan fingerprint density at radius 3 is 1.39 bits per heavy atom. The highest BCUT2D eigenvalue weighted by Crippen LogP contribution is 2.52. The summed E-state index contributed by atoms with van der Waals surface area (Å²) in [5.41, 5.74) is 8.00. The third kappa shape index (κ3) is 11.8. The van der Waals surface area contributed by atoms with Gasteiger partial charge in [0.1, 0.15) is 11.5 Å². The molecule has 0 radical (unpaired) electrons. The van der Waals surface area contributed by atoms with Crippen LogP contribution < -0.4 is 9.47 Å². The van der Waals surface area contributed by atoms with E-state index in [-0.39, 0.29) is 0 Å². The van der Waals surface area contributed by atoms with Gasteiger partial charge in [0.2, 0.25) is 0 Å². The molecule has 0 aliphatic carbocycles. The largest absolute Gasteiger partial charge is 0.491 e. The van der Waals surface area contributed by atoms with Gasteiger partial charge < -0.3 is 9.47 Å². The van der Waals surface area contributed by atoms with Crippen molar-refractivity contribution < 1.29 is 9.47 Å². The summed E-state index contributed by atoms with van der Waals surface area (Å²) in [7, 11) is 0. The Hall–Kier alpha value is -4.26. The van der Waals surface area contributed by atoms with E-state index in [1.54, 1.807) is 0 Å². The molecule has 0 fully saturated rings. The van der Waals surface area contributed by atoms with Crippen molar-refractivity contribution in [3.63, 3.8) is 0 Å². The van der Waals surface area contributed by atoms with Gasteiger partial charge in [0.25, 0.3) is 0 Å². The molecule has 0 bridgehead atoms. The highest BCUT2D eigenvalue weighted by atomic mass is 32.1. The highest BCUT2D eigenvalue weighted by Gasteiger charge is 2.24. The number of rotatable bonds is 27. The average Bonchev–Trinajstić information content (AvgIpc) is 3.92. The zero-order chi connectivity index (χ0) is 42.9. The monoisotopic (exact) mass is 866 g/mol. The van der Waals surface area contributed by atoms with Crippen LogP contribution in [0.15, 0.2) is 84.9 Å². The van der Waals surface area contributed by atoms with Crippen molar-refractivity contribution in [1.82, 2.24) is 9.97 Å². The lowest BCUT2D eigenvalue weighted by Gasteiger charge is -2.14. The zero-order valence-corrected chi connectivity index (χ0v) is 39.8. The van der Waals surface area contributed by atoms with Crippen molar-refractivity contribution in [2.45, 2.75) is 156 Å². The first-order valence-electron chi connectivity index (χ1n) is 24.2. The number of aryl methyl sites for hydroxylation is 2. The van der Waals surface area contributed by atoms with Gasteiger partial charge in [-0.25, -0.2) is 9.97 Å². The molecule has 0 saturated heterocycles. The predicted octanol–water partition coefficient (Wildman–Crippen LogP) is 18.3. The molecule has 7 aromatic rings. The number of nitrogens with zero attached hydrogens (tertiary/aromatic N) is 2. The summed E-state index contributed by atoms with van der Waals surface area (Å²) in [4.78, 5) is 13.4. The predicted molar refractivity (Wildman–Crippen MR) is 271 cm³/mol. The van der Waals surface area contributed by atoms with Crippen molar-refractivity contribution in [1.29, 1.82) is 0 Å². The summed E-state index contributed by atoms with van der Waals surface area (Å²) in [6, 6.07) is 30.1. The Morgan fingerprint density at radius 1 is 0.452 bits per heavy atom. The van der Waals surface area contributed by atoms with Crippen molar-refractivity contribution in [2.24, 2.45) is 0 Å². The Labute approximate surface area is 380 Å². The molecule has 6 heteroatoms. The molecule has 4 aromatic carbocycles. The maximum absolute atomic E-state index is 6.92. The van der Waals surface area contributed by atoms with Crippen LogP contribution in [0.2, 0.25) is 0 Å². The van der Waals surface area contributed by atoms with Crippen LogP contribution in [0.5, 0.6) is 11.5 Å². The molecule has 3 heterocycles. The number of unbranched alkanes of at least 4 members (excludes halogenated alkanes) is 18. The molecule has 62 heavy (non-hydrogen) atoms. The summed E-state index contributed by atoms with van der Waals surface area (Å²) in [6.45, 7) is 10.4. The van der Waals surface area contributed by atoms with E-state index in [1.807, 2.05) is 22.7 Å². The minimum Gasteiger partial charge on any atom is -0.491 e. The molecule has 7 rings (SSSR count). The van der Waals surface area contributed by atoms with Crippen molar-refractivity contribution in [3.8, 4) is 44.5 Å². The number of ether oxygens (including phenoxy) is 2. The van der Waals surface area contributed by atoms with Gasteiger partial charge in [0.15, 0.2) is 0 Å². The Morgan fingerprint density at radius 2 is 0.887 bits per heavy atom. The Balaban J connectivity index is 1.20. The van der Waals surface area contributed by atoms with Gasteiger partial charge in [-0.3, -0.25) is 0 Å². The summed E-state index contributed by atoms with van der Waals surface area (Å²) in [5, 5.41) is 2.33. The molecule has 0 N–H and O–H groups in total. The van der Waals surface area contributed by atoms with Crippen molar-refractivity contribution in [3.05, 3.63) is 95.4 Å². The second-order valence-electron chi connectivity index (χ2n) is 17.5. The van der Waals surface area contributed by atoms with E-state index in [1.165, 1.54) is 135 Å². The third-order valence-corrected chi connectivity index (χ3v) is 14.6. The van der Waals surface area contributed by atoms with Gasteiger partial charge in [-0.05, 0) is 44.4 Å². The minimum absolute atomic E-state index is 0.725. The second kappa shape index (κ2) is 24.0. The van der Waals surface area contributed by atoms with Crippen LogP contribution in [0.25, 0.3) is 64.2 Å². The normalized spacial score (nSPS) is 11.7. The Kier molecular flexibility index (Phi) is 17.7. The first kappa shape index (κ1) is 45.8. The summed E-state index contributed by atoms with van der Waals surface area (Å²) in [5.74, 6) is 2.02. The standard InChI is InChI=1S/C56H70N2O2S2/c1-5-7-9-11-13-15-17-19-21-29-37-59-53-46-39-42(4)61-55(46)54(60-38-30-22-20-18-16-14-12-10-8-6-2)47-40-48(62-56(47)53)45-36-35-41(3)49-52(45)58-51(44-33-27-24-28-34-44)50(57-49)43-31-25-23-26-32-43/h23-28,31-36,39-40H,5-22,29-30,37-38H2,1-4H3. The van der Waals surface area contributed by atoms with Crippen molar-refractivity contribution in [2.75, 3.05) is 13.2 Å². The van der Waals surface area contributed by atoms with E-state index in [9.17, 15) is 0 Å². The second-order valence-corrected chi connectivity index (χ2v) is 19.8. The maximum atomic E-state index is 6.92. The smallest absolute Gasteiger partial charge is 0.146 e. The number of hydrogen-bond acceptors (Lipinski definition) is 6. The fourth-order valence-electron chi connectivity index (χ4n) is 8.83. The van der Waals surface area contributed by atoms with Crippen molar-refractivity contribution >= 4 is 53.9 Å². The first-order chi connectivity index (χ1) is 30.6. The minimum atomic E-state index is 0.725. The number of hydrogen-bond donors (Lipinski definition) is 0. The molecule has 0 aliphatic rings. The Bertz CT molecular complexity index is 2350. The quantitative estimate of drug-likeness (QED) is 0.0483. The van der Waals surface area contributed by atoms with Crippen LogP contribution in [-0.2, 0) is 0 Å². The van der Waals surface area contributed by atoms with Crippen LogP contribution in [0, 0.1) is 13.8 Å². The lowest BCUT2D eigenvalue weighted by molar-refractivity contribution is 0.307. The molecular formula is C56H70N2O2S2.